The molecule has 2 fully saturated rings. The van der Waals surface area contributed by atoms with E-state index in [-0.39, 0.29) is 0 Å². The highest BCUT2D eigenvalue weighted by atomic mass is 16.5. The lowest BCUT2D eigenvalue weighted by molar-refractivity contribution is 0.0181. The zero-order chi connectivity index (χ0) is 10.7. The molecule has 3 nitrogen and oxygen atoms in total. The molecular weight excluding hydrogens is 190 g/mol. The van der Waals surface area contributed by atoms with Gasteiger partial charge in [0.15, 0.2) is 0 Å². The van der Waals surface area contributed by atoms with E-state index < -0.39 is 0 Å². The van der Waals surface area contributed by atoms with Crippen molar-refractivity contribution in [3.8, 4) is 0 Å². The van der Waals surface area contributed by atoms with Crippen molar-refractivity contribution in [3.63, 3.8) is 0 Å². The molecule has 2 saturated heterocycles. The molecule has 3 heteroatoms. The summed E-state index contributed by atoms with van der Waals surface area (Å²) in [6.45, 7) is 5.06. The Hall–Kier alpha value is -0.120. The Morgan fingerprint density at radius 2 is 2.27 bits per heavy atom. The number of nitrogens with one attached hydrogen (secondary N) is 1. The topological polar surface area (TPSA) is 30.5 Å². The lowest BCUT2D eigenvalue weighted by Gasteiger charge is -2.29. The van der Waals surface area contributed by atoms with Gasteiger partial charge in [-0.3, -0.25) is 0 Å². The Bertz CT molecular complexity index is 202. The van der Waals surface area contributed by atoms with Gasteiger partial charge in [0.1, 0.15) is 0 Å². The van der Waals surface area contributed by atoms with Crippen molar-refractivity contribution in [1.82, 2.24) is 5.32 Å². The van der Waals surface area contributed by atoms with Crippen molar-refractivity contribution in [2.75, 3.05) is 26.8 Å². The second-order valence-electron chi connectivity index (χ2n) is 5.18. The van der Waals surface area contributed by atoms with Crippen molar-refractivity contribution >= 4 is 0 Å². The molecule has 3 unspecified atom stereocenters. The maximum absolute atomic E-state index is 5.91. The van der Waals surface area contributed by atoms with Gasteiger partial charge < -0.3 is 14.8 Å². The van der Waals surface area contributed by atoms with E-state index in [1.54, 1.807) is 0 Å². The average molecular weight is 213 g/mol. The third-order valence-corrected chi connectivity index (χ3v) is 3.72. The van der Waals surface area contributed by atoms with Crippen LogP contribution < -0.4 is 5.32 Å². The molecule has 0 spiro atoms. The summed E-state index contributed by atoms with van der Waals surface area (Å²) in [7, 11) is 2.03. The summed E-state index contributed by atoms with van der Waals surface area (Å²) in [5.41, 5.74) is 0.337. The predicted molar refractivity (Wildman–Crippen MR) is 60.0 cm³/mol. The molecular formula is C12H23NO2. The van der Waals surface area contributed by atoms with Gasteiger partial charge >= 0.3 is 0 Å². The van der Waals surface area contributed by atoms with Crippen molar-refractivity contribution < 1.29 is 9.47 Å². The molecule has 0 amide bonds. The molecule has 1 N–H and O–H groups in total. The molecule has 0 bridgehead atoms. The van der Waals surface area contributed by atoms with Gasteiger partial charge in [0.25, 0.3) is 0 Å². The molecule has 0 radical (unpaired) electrons. The maximum atomic E-state index is 5.91. The monoisotopic (exact) mass is 213 g/mol. The average Bonchev–Trinajstić information content (AvgIpc) is 2.78. The Balaban J connectivity index is 1.89. The molecule has 2 aliphatic rings. The number of rotatable bonds is 4. The van der Waals surface area contributed by atoms with E-state index in [1.165, 1.54) is 19.3 Å². The van der Waals surface area contributed by atoms with E-state index >= 15 is 0 Å². The summed E-state index contributed by atoms with van der Waals surface area (Å²) >= 11 is 0. The lowest BCUT2D eigenvalue weighted by atomic mass is 9.81. The largest absolute Gasteiger partial charge is 0.381 e. The standard InChI is InChI=1S/C12H23NO2/c1-10-3-4-11(15-10)7-12(8-13-2)5-6-14-9-12/h10-11,13H,3-9H2,1-2H3. The smallest absolute Gasteiger partial charge is 0.0586 e. The van der Waals surface area contributed by atoms with E-state index in [2.05, 4.69) is 12.2 Å². The van der Waals surface area contributed by atoms with Crippen molar-refractivity contribution in [1.29, 1.82) is 0 Å². The Morgan fingerprint density at radius 1 is 1.40 bits per heavy atom. The normalized spacial score (nSPS) is 41.2. The third kappa shape index (κ3) is 2.71. The lowest BCUT2D eigenvalue weighted by Crippen LogP contribution is -2.36. The quantitative estimate of drug-likeness (QED) is 0.769. The highest BCUT2D eigenvalue weighted by Gasteiger charge is 2.38. The minimum atomic E-state index is 0.337. The second-order valence-corrected chi connectivity index (χ2v) is 5.18. The zero-order valence-electron chi connectivity index (χ0n) is 9.92. The van der Waals surface area contributed by atoms with Crippen LogP contribution in [0.2, 0.25) is 0 Å². The van der Waals surface area contributed by atoms with Crippen LogP contribution in [0, 0.1) is 5.41 Å². The zero-order valence-corrected chi connectivity index (χ0v) is 9.92. The van der Waals surface area contributed by atoms with E-state index in [1.807, 2.05) is 7.05 Å². The van der Waals surface area contributed by atoms with E-state index in [0.717, 1.165) is 26.2 Å². The molecule has 0 aromatic heterocycles. The number of hydrogen-bond donors (Lipinski definition) is 1. The molecule has 88 valence electrons. The van der Waals surface area contributed by atoms with E-state index in [0.29, 0.717) is 17.6 Å². The molecule has 0 aromatic carbocycles. The van der Waals surface area contributed by atoms with Crippen LogP contribution in [0.15, 0.2) is 0 Å². The highest BCUT2D eigenvalue weighted by Crippen LogP contribution is 2.37. The summed E-state index contributed by atoms with van der Waals surface area (Å²) in [6.07, 6.45) is 5.73. The molecule has 0 aliphatic carbocycles. The Kier molecular flexibility index (Phi) is 3.65. The minimum absolute atomic E-state index is 0.337. The maximum Gasteiger partial charge on any atom is 0.0586 e. The van der Waals surface area contributed by atoms with Crippen LogP contribution in [0.3, 0.4) is 0 Å². The van der Waals surface area contributed by atoms with Gasteiger partial charge in [-0.1, -0.05) is 0 Å². The molecule has 2 rings (SSSR count). The molecule has 0 aromatic rings. The van der Waals surface area contributed by atoms with Gasteiger partial charge in [0.05, 0.1) is 18.8 Å². The SMILES string of the molecule is CNCC1(CC2CCC(C)O2)CCOC1. The molecule has 0 saturated carbocycles. The predicted octanol–water partition coefficient (Wildman–Crippen LogP) is 1.57. The van der Waals surface area contributed by atoms with Gasteiger partial charge in [-0.2, -0.15) is 0 Å². The molecule has 2 aliphatic heterocycles. The van der Waals surface area contributed by atoms with Crippen molar-refractivity contribution in [2.45, 2.75) is 44.8 Å². The fourth-order valence-electron chi connectivity index (χ4n) is 2.92. The van der Waals surface area contributed by atoms with Crippen LogP contribution in [-0.4, -0.2) is 39.0 Å². The molecule has 3 atom stereocenters. The van der Waals surface area contributed by atoms with Gasteiger partial charge in [-0.05, 0) is 39.7 Å². The molecule has 2 heterocycles. The first-order valence-corrected chi connectivity index (χ1v) is 6.12. The number of ether oxygens (including phenoxy) is 2. The Morgan fingerprint density at radius 3 is 2.80 bits per heavy atom. The van der Waals surface area contributed by atoms with Gasteiger partial charge in [-0.25, -0.2) is 0 Å². The molecule has 15 heavy (non-hydrogen) atoms. The van der Waals surface area contributed by atoms with Crippen molar-refractivity contribution in [3.05, 3.63) is 0 Å². The summed E-state index contributed by atoms with van der Waals surface area (Å²) in [6, 6.07) is 0. The van der Waals surface area contributed by atoms with Crippen LogP contribution in [0.25, 0.3) is 0 Å². The Labute approximate surface area is 92.5 Å². The van der Waals surface area contributed by atoms with Gasteiger partial charge in [0, 0.05) is 18.6 Å². The first-order chi connectivity index (χ1) is 7.24. The first-order valence-electron chi connectivity index (χ1n) is 6.12. The van der Waals surface area contributed by atoms with E-state index in [9.17, 15) is 0 Å². The van der Waals surface area contributed by atoms with Gasteiger partial charge in [-0.15, -0.1) is 0 Å². The van der Waals surface area contributed by atoms with Crippen LogP contribution in [0.4, 0.5) is 0 Å². The van der Waals surface area contributed by atoms with Crippen LogP contribution in [0.1, 0.15) is 32.6 Å². The van der Waals surface area contributed by atoms with Crippen LogP contribution in [0.5, 0.6) is 0 Å². The summed E-state index contributed by atoms with van der Waals surface area (Å²) in [4.78, 5) is 0. The minimum Gasteiger partial charge on any atom is -0.381 e. The van der Waals surface area contributed by atoms with Crippen LogP contribution >= 0.6 is 0 Å². The summed E-state index contributed by atoms with van der Waals surface area (Å²) in [5, 5.41) is 3.30. The van der Waals surface area contributed by atoms with Crippen LogP contribution in [-0.2, 0) is 9.47 Å². The third-order valence-electron chi connectivity index (χ3n) is 3.72. The second kappa shape index (κ2) is 4.81. The fourth-order valence-corrected chi connectivity index (χ4v) is 2.92. The number of hydrogen-bond acceptors (Lipinski definition) is 3. The highest BCUT2D eigenvalue weighted by molar-refractivity contribution is 4.89. The van der Waals surface area contributed by atoms with Gasteiger partial charge in [0.2, 0.25) is 0 Å². The fraction of sp³-hybridized carbons (Fsp3) is 1.00. The summed E-state index contributed by atoms with van der Waals surface area (Å²) < 4.78 is 11.5. The summed E-state index contributed by atoms with van der Waals surface area (Å²) in [5.74, 6) is 0. The first kappa shape index (κ1) is 11.4. The van der Waals surface area contributed by atoms with E-state index in [4.69, 9.17) is 9.47 Å². The van der Waals surface area contributed by atoms with Crippen molar-refractivity contribution in [2.24, 2.45) is 5.41 Å².